The molecule has 2 unspecified atom stereocenters. The molecule has 2 fully saturated rings. The first-order valence-electron chi connectivity index (χ1n) is 11.5. The van der Waals surface area contributed by atoms with E-state index in [1.807, 2.05) is 12.1 Å². The molecule has 0 aliphatic carbocycles. The highest BCUT2D eigenvalue weighted by molar-refractivity contribution is 6.37. The standard InChI is InChI=1S/C25H23Cl2N7O/c1-14-22-19(24(35)34(32-14)23-20(26)3-2-4-21(23)27)11-29-25(31-22)30-17-5-7-18(8-6-17)33-12-15-9-28-10-16(15)13-33/h2-8,11,15-16,28H,9-10,12-13H2,1H3,(H,29,30,31). The Morgan fingerprint density at radius 1 is 1.03 bits per heavy atom. The molecule has 8 nitrogen and oxygen atoms in total. The van der Waals surface area contributed by atoms with E-state index in [2.05, 4.69) is 42.7 Å². The maximum absolute atomic E-state index is 13.2. The monoisotopic (exact) mass is 507 g/mol. The van der Waals surface area contributed by atoms with Crippen molar-refractivity contribution in [1.82, 2.24) is 25.1 Å². The van der Waals surface area contributed by atoms with E-state index in [-0.39, 0.29) is 5.56 Å². The number of rotatable bonds is 4. The molecule has 0 spiro atoms. The van der Waals surface area contributed by atoms with Crippen molar-refractivity contribution in [3.63, 3.8) is 0 Å². The number of aryl methyl sites for hydroxylation is 1. The van der Waals surface area contributed by atoms with Crippen LogP contribution in [0.25, 0.3) is 16.6 Å². The highest BCUT2D eigenvalue weighted by Crippen LogP contribution is 2.31. The molecule has 10 heteroatoms. The number of benzene rings is 2. The van der Waals surface area contributed by atoms with Crippen molar-refractivity contribution in [2.24, 2.45) is 11.8 Å². The number of halogens is 2. The zero-order chi connectivity index (χ0) is 24.1. The van der Waals surface area contributed by atoms with Gasteiger partial charge in [0.05, 0.1) is 21.1 Å². The van der Waals surface area contributed by atoms with Gasteiger partial charge >= 0.3 is 0 Å². The maximum Gasteiger partial charge on any atom is 0.282 e. The van der Waals surface area contributed by atoms with Crippen LogP contribution in [-0.4, -0.2) is 45.9 Å². The summed E-state index contributed by atoms with van der Waals surface area (Å²) >= 11 is 12.6. The molecule has 0 radical (unpaired) electrons. The molecule has 178 valence electrons. The largest absolute Gasteiger partial charge is 0.371 e. The molecule has 4 heterocycles. The van der Waals surface area contributed by atoms with Crippen LogP contribution in [0.5, 0.6) is 0 Å². The predicted octanol–water partition coefficient (Wildman–Crippen LogP) is 4.19. The predicted molar refractivity (Wildman–Crippen MR) is 139 cm³/mol. The molecule has 2 aliphatic heterocycles. The Hall–Kier alpha value is -3.20. The smallest absolute Gasteiger partial charge is 0.282 e. The second-order valence-electron chi connectivity index (χ2n) is 9.08. The highest BCUT2D eigenvalue weighted by Gasteiger charge is 2.36. The van der Waals surface area contributed by atoms with Crippen LogP contribution in [0.2, 0.25) is 10.0 Å². The fraction of sp³-hybridized carbons (Fsp3) is 0.280. The van der Waals surface area contributed by atoms with Gasteiger partial charge in [-0.3, -0.25) is 4.79 Å². The molecule has 2 aromatic heterocycles. The summed E-state index contributed by atoms with van der Waals surface area (Å²) in [5.74, 6) is 1.88. The van der Waals surface area contributed by atoms with Crippen LogP contribution in [0.4, 0.5) is 17.3 Å². The van der Waals surface area contributed by atoms with E-state index < -0.39 is 0 Å². The number of anilines is 3. The van der Waals surface area contributed by atoms with Crippen LogP contribution in [0, 0.1) is 18.8 Å². The third-order valence-electron chi connectivity index (χ3n) is 6.83. The van der Waals surface area contributed by atoms with Gasteiger partial charge in [0.1, 0.15) is 11.2 Å². The minimum absolute atomic E-state index is 0.335. The summed E-state index contributed by atoms with van der Waals surface area (Å²) in [5.41, 5.74) is 3.08. The van der Waals surface area contributed by atoms with Crippen LogP contribution < -0.4 is 21.1 Å². The molecule has 2 aromatic carbocycles. The van der Waals surface area contributed by atoms with Crippen molar-refractivity contribution < 1.29 is 0 Å². The number of nitrogens with one attached hydrogen (secondary N) is 2. The molecule has 2 aliphatic rings. The number of hydrogen-bond acceptors (Lipinski definition) is 7. The van der Waals surface area contributed by atoms with E-state index >= 15 is 0 Å². The molecule has 2 saturated heterocycles. The summed E-state index contributed by atoms with van der Waals surface area (Å²) in [4.78, 5) is 24.6. The number of fused-ring (bicyclic) bond motifs is 2. The lowest BCUT2D eigenvalue weighted by atomic mass is 10.0. The van der Waals surface area contributed by atoms with E-state index in [0.717, 1.165) is 43.7 Å². The molecule has 0 bridgehead atoms. The number of hydrogen-bond donors (Lipinski definition) is 2. The molecule has 4 aromatic rings. The van der Waals surface area contributed by atoms with Gasteiger partial charge in [-0.1, -0.05) is 29.3 Å². The van der Waals surface area contributed by atoms with Crippen molar-refractivity contribution >= 4 is 51.4 Å². The third-order valence-corrected chi connectivity index (χ3v) is 7.44. The molecular weight excluding hydrogens is 485 g/mol. The van der Waals surface area contributed by atoms with Gasteiger partial charge in [-0.2, -0.15) is 9.78 Å². The fourth-order valence-corrected chi connectivity index (χ4v) is 5.58. The Morgan fingerprint density at radius 3 is 2.40 bits per heavy atom. The normalized spacial score (nSPS) is 19.3. The Balaban J connectivity index is 1.27. The summed E-state index contributed by atoms with van der Waals surface area (Å²) in [5, 5.41) is 12.2. The zero-order valence-electron chi connectivity index (χ0n) is 19.0. The highest BCUT2D eigenvalue weighted by atomic mass is 35.5. The molecule has 35 heavy (non-hydrogen) atoms. The quantitative estimate of drug-likeness (QED) is 0.428. The molecule has 6 rings (SSSR count). The van der Waals surface area contributed by atoms with Crippen molar-refractivity contribution in [3.8, 4) is 5.69 Å². The van der Waals surface area contributed by atoms with E-state index in [1.54, 1.807) is 25.1 Å². The number of para-hydroxylation sites is 1. The van der Waals surface area contributed by atoms with Crippen LogP contribution in [-0.2, 0) is 0 Å². The number of nitrogens with zero attached hydrogens (tertiary/aromatic N) is 5. The Kier molecular flexibility index (Phi) is 5.59. The first-order valence-corrected chi connectivity index (χ1v) is 12.3. The number of aromatic nitrogens is 4. The first kappa shape index (κ1) is 22.3. The van der Waals surface area contributed by atoms with Gasteiger partial charge in [0.25, 0.3) is 5.56 Å². The summed E-state index contributed by atoms with van der Waals surface area (Å²) < 4.78 is 1.21. The Morgan fingerprint density at radius 2 is 1.71 bits per heavy atom. The van der Waals surface area contributed by atoms with Crippen molar-refractivity contribution in [3.05, 3.63) is 74.8 Å². The van der Waals surface area contributed by atoms with Gasteiger partial charge in [0.15, 0.2) is 0 Å². The molecule has 2 N–H and O–H groups in total. The van der Waals surface area contributed by atoms with E-state index in [1.165, 1.54) is 16.6 Å². The van der Waals surface area contributed by atoms with Gasteiger partial charge in [-0.25, -0.2) is 9.97 Å². The maximum atomic E-state index is 13.2. The summed E-state index contributed by atoms with van der Waals surface area (Å²) in [7, 11) is 0. The fourth-order valence-electron chi connectivity index (χ4n) is 5.03. The second-order valence-corrected chi connectivity index (χ2v) is 9.90. The van der Waals surface area contributed by atoms with E-state index in [9.17, 15) is 4.79 Å². The van der Waals surface area contributed by atoms with E-state index in [4.69, 9.17) is 23.2 Å². The average Bonchev–Trinajstić information content (AvgIpc) is 3.45. The second kappa shape index (κ2) is 8.78. The lowest BCUT2D eigenvalue weighted by Crippen LogP contribution is -2.25. The lowest BCUT2D eigenvalue weighted by Gasteiger charge is -2.20. The van der Waals surface area contributed by atoms with E-state index in [0.29, 0.717) is 38.3 Å². The summed E-state index contributed by atoms with van der Waals surface area (Å²) in [6, 6.07) is 13.3. The zero-order valence-corrected chi connectivity index (χ0v) is 20.5. The average molecular weight is 508 g/mol. The molecule has 0 amide bonds. The molecule has 0 saturated carbocycles. The van der Waals surface area contributed by atoms with Crippen LogP contribution in [0.15, 0.2) is 53.5 Å². The van der Waals surface area contributed by atoms with Gasteiger partial charge in [0.2, 0.25) is 5.95 Å². The topological polar surface area (TPSA) is 88.0 Å². The van der Waals surface area contributed by atoms with Crippen molar-refractivity contribution in [2.45, 2.75) is 6.92 Å². The lowest BCUT2D eigenvalue weighted by molar-refractivity contribution is 0.533. The van der Waals surface area contributed by atoms with Gasteiger partial charge in [-0.05, 0) is 55.2 Å². The molecular formula is C25H23Cl2N7O. The Bertz CT molecular complexity index is 1460. The van der Waals surface area contributed by atoms with Gasteiger partial charge in [-0.15, -0.1) is 0 Å². The molecule has 2 atom stereocenters. The Labute approximate surface area is 211 Å². The summed E-state index contributed by atoms with van der Waals surface area (Å²) in [6.45, 7) is 6.22. The van der Waals surface area contributed by atoms with Crippen LogP contribution in [0.3, 0.4) is 0 Å². The van der Waals surface area contributed by atoms with Gasteiger partial charge in [0, 0.05) is 43.8 Å². The van der Waals surface area contributed by atoms with Crippen LogP contribution >= 0.6 is 23.2 Å². The van der Waals surface area contributed by atoms with Gasteiger partial charge < -0.3 is 15.5 Å². The minimum Gasteiger partial charge on any atom is -0.371 e. The SMILES string of the molecule is Cc1nn(-c2c(Cl)cccc2Cl)c(=O)c2cnc(Nc3ccc(N4CC5CNCC5C4)cc3)nc12. The summed E-state index contributed by atoms with van der Waals surface area (Å²) in [6.07, 6.45) is 1.51. The third kappa shape index (κ3) is 4.01. The van der Waals surface area contributed by atoms with Crippen LogP contribution in [0.1, 0.15) is 5.69 Å². The van der Waals surface area contributed by atoms with Crippen molar-refractivity contribution in [1.29, 1.82) is 0 Å². The minimum atomic E-state index is -0.387. The van der Waals surface area contributed by atoms with Crippen molar-refractivity contribution in [2.75, 3.05) is 36.4 Å². The first-order chi connectivity index (χ1) is 17.0.